The second-order valence-electron chi connectivity index (χ2n) is 27.2. The fourth-order valence-corrected chi connectivity index (χ4v) is 17.2. The van der Waals surface area contributed by atoms with Crippen LogP contribution in [0.2, 0.25) is 0 Å². The van der Waals surface area contributed by atoms with E-state index in [4.69, 9.17) is 0 Å². The lowest BCUT2D eigenvalue weighted by Crippen LogP contribution is -2.15. The highest BCUT2D eigenvalue weighted by molar-refractivity contribution is 6.30. The van der Waals surface area contributed by atoms with Crippen LogP contribution in [0.4, 0.5) is 0 Å². The molecule has 4 nitrogen and oxygen atoms in total. The molecule has 0 bridgehead atoms. The molecule has 0 N–H and O–H groups in total. The summed E-state index contributed by atoms with van der Waals surface area (Å²) < 4.78 is 9.97. The summed E-state index contributed by atoms with van der Waals surface area (Å²) in [4.78, 5) is 0. The predicted molar refractivity (Wildman–Crippen MR) is 395 cm³/mol. The van der Waals surface area contributed by atoms with Crippen LogP contribution in [0.15, 0.2) is 303 Å². The maximum atomic E-state index is 2.51. The topological polar surface area (TPSA) is 19.7 Å². The van der Waals surface area contributed by atoms with Crippen molar-refractivity contribution in [1.29, 1.82) is 0 Å². The van der Waals surface area contributed by atoms with Crippen molar-refractivity contribution < 1.29 is 0 Å². The molecule has 0 spiro atoms. The largest absolute Gasteiger partial charge is 0.309 e. The smallest absolute Gasteiger partial charge is 0.0548 e. The number of benzene rings is 14. The third kappa shape index (κ3) is 7.34. The van der Waals surface area contributed by atoms with Gasteiger partial charge in [0.05, 0.1) is 44.1 Å². The van der Waals surface area contributed by atoms with Crippen LogP contribution >= 0.6 is 0 Å². The monoisotopic (exact) mass is 1200 g/mol. The Morgan fingerprint density at radius 1 is 0.191 bits per heavy atom. The van der Waals surface area contributed by atoms with Gasteiger partial charge in [-0.3, -0.25) is 0 Å². The lowest BCUT2D eigenvalue weighted by atomic mass is 9.82. The Morgan fingerprint density at radius 3 is 1.06 bits per heavy atom. The molecule has 2 aliphatic rings. The number of fused-ring (bicyclic) bond motifs is 20. The zero-order valence-electron chi connectivity index (χ0n) is 52.7. The minimum absolute atomic E-state index is 0.0595. The number of para-hydroxylation sites is 3. The first-order chi connectivity index (χ1) is 46.2. The Morgan fingerprint density at radius 2 is 0.532 bits per heavy atom. The number of rotatable bonds is 7. The first-order valence-electron chi connectivity index (χ1n) is 33.0. The molecule has 0 fully saturated rings. The quantitative estimate of drug-likeness (QED) is 0.152. The lowest BCUT2D eigenvalue weighted by Gasteiger charge is -2.22. The van der Waals surface area contributed by atoms with E-state index < -0.39 is 0 Å². The van der Waals surface area contributed by atoms with Crippen LogP contribution in [0.5, 0.6) is 0 Å². The van der Waals surface area contributed by atoms with Gasteiger partial charge in [-0.1, -0.05) is 228 Å². The maximum Gasteiger partial charge on any atom is 0.0548 e. The fraction of sp³-hybridized carbons (Fsp3) is 0.0667. The average Bonchev–Trinajstić information content (AvgIpc) is 1.55. The SMILES string of the molecule is CC1(C)c2ccccc2-c2cc(-n3c4ccccc4c4c5c6ccccc6n(-c6cccc(-c7ccc(-c8ccc9c(c8)c8c%10c%11ccccc%11n(-c%11ccc%12c(c%11)C(C)(C)c%11ccccc%11-%12)c%10ccc8n9-c8cccc(-c9ccccc9)c8)cc7)c6)c5ccc43)ccc21. The molecule has 20 rings (SSSR count). The summed E-state index contributed by atoms with van der Waals surface area (Å²) in [5.41, 5.74) is 31.9. The molecule has 94 heavy (non-hydrogen) atoms. The minimum atomic E-state index is -0.127. The molecule has 4 aromatic heterocycles. The Balaban J connectivity index is 0.716. The normalized spacial score (nSPS) is 13.7. The Kier molecular flexibility index (Phi) is 10.9. The van der Waals surface area contributed by atoms with Crippen LogP contribution in [0.3, 0.4) is 0 Å². The molecule has 0 saturated carbocycles. The van der Waals surface area contributed by atoms with E-state index in [2.05, 4.69) is 349 Å². The second kappa shape index (κ2) is 19.4. The molecule has 0 atom stereocenters. The summed E-state index contributed by atoms with van der Waals surface area (Å²) >= 11 is 0. The van der Waals surface area contributed by atoms with Gasteiger partial charge in [0.2, 0.25) is 0 Å². The van der Waals surface area contributed by atoms with Gasteiger partial charge in [0.15, 0.2) is 0 Å². The molecule has 4 heterocycles. The van der Waals surface area contributed by atoms with Gasteiger partial charge in [0.25, 0.3) is 0 Å². The van der Waals surface area contributed by atoms with Crippen molar-refractivity contribution in [1.82, 2.24) is 18.3 Å². The predicted octanol–water partition coefficient (Wildman–Crippen LogP) is 23.7. The lowest BCUT2D eigenvalue weighted by molar-refractivity contribution is 0.660. The molecule has 4 heteroatoms. The van der Waals surface area contributed by atoms with E-state index in [-0.39, 0.29) is 10.8 Å². The molecule has 14 aromatic carbocycles. The number of nitrogens with zero attached hydrogens (tertiary/aromatic N) is 4. The summed E-state index contributed by atoms with van der Waals surface area (Å²) in [7, 11) is 0. The van der Waals surface area contributed by atoms with Crippen molar-refractivity contribution in [2.45, 2.75) is 38.5 Å². The summed E-state index contributed by atoms with van der Waals surface area (Å²) in [6.07, 6.45) is 0. The van der Waals surface area contributed by atoms with Crippen molar-refractivity contribution >= 4 is 87.2 Å². The van der Waals surface area contributed by atoms with E-state index in [9.17, 15) is 0 Å². The first-order valence-corrected chi connectivity index (χ1v) is 33.0. The van der Waals surface area contributed by atoms with E-state index in [1.807, 2.05) is 0 Å². The van der Waals surface area contributed by atoms with E-state index in [1.54, 1.807) is 0 Å². The molecule has 0 aliphatic heterocycles. The molecular weight excluding hydrogens is 1140 g/mol. The number of hydrogen-bond acceptors (Lipinski definition) is 0. The van der Waals surface area contributed by atoms with Gasteiger partial charge >= 0.3 is 0 Å². The van der Waals surface area contributed by atoms with Crippen molar-refractivity contribution in [3.8, 4) is 78.4 Å². The molecule has 2 aliphatic carbocycles. The van der Waals surface area contributed by atoms with Crippen molar-refractivity contribution in [3.63, 3.8) is 0 Å². The van der Waals surface area contributed by atoms with Gasteiger partial charge < -0.3 is 18.3 Å². The highest BCUT2D eigenvalue weighted by Gasteiger charge is 2.37. The highest BCUT2D eigenvalue weighted by Crippen LogP contribution is 2.53. The second-order valence-corrected chi connectivity index (χ2v) is 27.2. The molecule has 0 unspecified atom stereocenters. The van der Waals surface area contributed by atoms with Gasteiger partial charge in [0, 0.05) is 76.7 Å². The molecule has 18 aromatic rings. The van der Waals surface area contributed by atoms with Crippen molar-refractivity contribution in [2.24, 2.45) is 0 Å². The Labute approximate surface area is 544 Å². The van der Waals surface area contributed by atoms with Crippen LogP contribution in [0.1, 0.15) is 49.9 Å². The molecular formula is C90H62N4. The Hall–Kier alpha value is -11.7. The van der Waals surface area contributed by atoms with Crippen LogP contribution in [0, 0.1) is 0 Å². The summed E-state index contributed by atoms with van der Waals surface area (Å²) in [6.45, 7) is 9.47. The van der Waals surface area contributed by atoms with E-state index in [0.29, 0.717) is 0 Å². The number of aromatic nitrogens is 4. The molecule has 0 amide bonds. The van der Waals surface area contributed by atoms with Gasteiger partial charge in [0.1, 0.15) is 0 Å². The Bertz CT molecular complexity index is 6270. The van der Waals surface area contributed by atoms with Gasteiger partial charge in [-0.15, -0.1) is 0 Å². The van der Waals surface area contributed by atoms with Crippen LogP contribution in [0.25, 0.3) is 166 Å². The van der Waals surface area contributed by atoms with E-state index >= 15 is 0 Å². The van der Waals surface area contributed by atoms with E-state index in [1.165, 1.54) is 176 Å². The fourth-order valence-electron chi connectivity index (χ4n) is 17.2. The molecule has 442 valence electrons. The van der Waals surface area contributed by atoms with Gasteiger partial charge in [-0.25, -0.2) is 0 Å². The maximum absolute atomic E-state index is 2.51. The van der Waals surface area contributed by atoms with Gasteiger partial charge in [-0.05, 0) is 181 Å². The minimum Gasteiger partial charge on any atom is -0.309 e. The first kappa shape index (κ1) is 53.0. The molecule has 0 radical (unpaired) electrons. The van der Waals surface area contributed by atoms with Crippen molar-refractivity contribution in [3.05, 3.63) is 326 Å². The third-order valence-electron chi connectivity index (χ3n) is 21.6. The van der Waals surface area contributed by atoms with Crippen LogP contribution < -0.4 is 0 Å². The van der Waals surface area contributed by atoms with Crippen molar-refractivity contribution in [2.75, 3.05) is 0 Å². The zero-order chi connectivity index (χ0) is 62.3. The standard InChI is InChI=1S/C90H62N4/c1-89(2)74-32-14-9-27-66(74)71-53-63(42-44-75(71)89)93-78-34-16-11-29-69(78)86-82(93)47-46-81-85(86)68-28-10-15-33-77(68)91(81)61-24-19-23-59(51-61)56-36-38-57(39-37-56)60-40-45-80-72(52-60)88-84(92(80)62-25-18-22-58(50-62)55-20-6-5-7-21-55)49-48-83-87(88)70-30-12-17-35-79(70)94(83)64-41-43-67-65-26-8-13-31-73(65)90(3,4)76(67)54-64/h5-54H,1-4H3. The zero-order valence-corrected chi connectivity index (χ0v) is 52.7. The van der Waals surface area contributed by atoms with Gasteiger partial charge in [-0.2, -0.15) is 0 Å². The highest BCUT2D eigenvalue weighted by atomic mass is 15.0. The third-order valence-corrected chi connectivity index (χ3v) is 21.6. The summed E-state index contributed by atoms with van der Waals surface area (Å²) in [5, 5.41) is 10.0. The van der Waals surface area contributed by atoms with E-state index in [0.717, 1.165) is 11.4 Å². The van der Waals surface area contributed by atoms with Crippen LogP contribution in [-0.2, 0) is 10.8 Å². The molecule has 0 saturated heterocycles. The average molecular weight is 1200 g/mol. The van der Waals surface area contributed by atoms with Crippen LogP contribution in [-0.4, -0.2) is 18.3 Å². The summed E-state index contributed by atoms with van der Waals surface area (Å²) in [5.74, 6) is 0. The number of hydrogen-bond donors (Lipinski definition) is 0. The summed E-state index contributed by atoms with van der Waals surface area (Å²) in [6, 6.07) is 114.